The Bertz CT molecular complexity index is 3010. The Morgan fingerprint density at radius 1 is 0.662 bits per heavy atom. The van der Waals surface area contributed by atoms with Gasteiger partial charge in [-0.2, -0.15) is 0 Å². The minimum absolute atomic E-state index is 0.0425. The molecular formula is C49H50N6O6S4. The van der Waals surface area contributed by atoms with Crippen LogP contribution >= 0.6 is 22.7 Å². The quantitative estimate of drug-likeness (QED) is 0.105. The van der Waals surface area contributed by atoms with Crippen LogP contribution in [0.3, 0.4) is 0 Å². The first-order valence-corrected chi connectivity index (χ1v) is 27.4. The van der Waals surface area contributed by atoms with Crippen LogP contribution in [0, 0.1) is 0 Å². The lowest BCUT2D eigenvalue weighted by atomic mass is 9.94. The van der Waals surface area contributed by atoms with E-state index in [1.54, 1.807) is 36.7 Å². The third-order valence-electron chi connectivity index (χ3n) is 13.6. The number of rotatable bonds is 13. The van der Waals surface area contributed by atoms with E-state index in [-0.39, 0.29) is 26.9 Å². The van der Waals surface area contributed by atoms with Crippen molar-refractivity contribution >= 4 is 64.2 Å². The Labute approximate surface area is 388 Å². The van der Waals surface area contributed by atoms with E-state index in [2.05, 4.69) is 73.1 Å². The van der Waals surface area contributed by atoms with Crippen molar-refractivity contribution in [2.75, 3.05) is 55.0 Å². The average molecular weight is 947 g/mol. The summed E-state index contributed by atoms with van der Waals surface area (Å²) in [6, 6.07) is 30.9. The van der Waals surface area contributed by atoms with Gasteiger partial charge >= 0.3 is 0 Å². The van der Waals surface area contributed by atoms with Crippen molar-refractivity contribution in [1.82, 2.24) is 19.8 Å². The molecule has 0 saturated carbocycles. The molecule has 4 aromatic carbocycles. The van der Waals surface area contributed by atoms with Crippen LogP contribution in [0.25, 0.3) is 11.1 Å². The van der Waals surface area contributed by atoms with Gasteiger partial charge in [0.2, 0.25) is 11.6 Å². The smallest absolute Gasteiger partial charge is 0.204 e. The molecule has 0 N–H and O–H groups in total. The molecule has 336 valence electrons. The molecule has 0 radical (unpaired) electrons. The molecule has 0 amide bonds. The van der Waals surface area contributed by atoms with Crippen LogP contribution in [0.5, 0.6) is 0 Å². The van der Waals surface area contributed by atoms with Gasteiger partial charge in [-0.15, -0.1) is 0 Å². The van der Waals surface area contributed by atoms with Crippen molar-refractivity contribution in [2.45, 2.75) is 72.6 Å². The number of piperazine rings is 1. The minimum atomic E-state index is -3.43. The number of ketones is 2. The fraction of sp³-hybridized carbons (Fsp3) is 0.347. The number of likely N-dealkylation sites (tertiary alicyclic amines) is 2. The summed E-state index contributed by atoms with van der Waals surface area (Å²) < 4.78 is 48.4. The Morgan fingerprint density at radius 3 is 1.89 bits per heavy atom. The van der Waals surface area contributed by atoms with Gasteiger partial charge in [0.15, 0.2) is 29.9 Å². The van der Waals surface area contributed by atoms with Crippen LogP contribution in [-0.2, 0) is 32.8 Å². The molecule has 1 spiro atoms. The fourth-order valence-electron chi connectivity index (χ4n) is 10.3. The van der Waals surface area contributed by atoms with Gasteiger partial charge in [-0.3, -0.25) is 19.4 Å². The minimum Gasteiger partial charge on any atom is -0.346 e. The van der Waals surface area contributed by atoms with Gasteiger partial charge in [-0.05, 0) is 91.2 Å². The summed E-state index contributed by atoms with van der Waals surface area (Å²) in [4.78, 5) is 47.2. The van der Waals surface area contributed by atoms with Crippen molar-refractivity contribution in [1.29, 1.82) is 0 Å². The molecule has 4 saturated heterocycles. The van der Waals surface area contributed by atoms with Crippen molar-refractivity contribution in [3.05, 3.63) is 141 Å². The number of hydrogen-bond donors (Lipinski definition) is 0. The largest absolute Gasteiger partial charge is 0.346 e. The van der Waals surface area contributed by atoms with E-state index in [4.69, 9.17) is 4.98 Å². The zero-order valence-corrected chi connectivity index (χ0v) is 39.6. The Balaban J connectivity index is 0.748. The van der Waals surface area contributed by atoms with Crippen molar-refractivity contribution in [2.24, 2.45) is 0 Å². The number of anilines is 2. The second-order valence-corrected chi connectivity index (χ2v) is 24.1. The summed E-state index contributed by atoms with van der Waals surface area (Å²) in [6.45, 7) is 6.33. The standard InChI is InChI=1S/C49H50N6O6S4/c1-64(58,59)41-11-4-9-37(24-41)45(56)43-26-50-47(62-43)53-22-20-49(32-53)19-6-21-54(49)29-34-7-3-8-36(23-34)35-15-13-33(14-16-35)28-52-30-39-17-18-40(31-52)55(39)48-51-27-44(63-48)46(57)38-10-5-12-42(25-38)65(2,60)61/h3-5,7-16,23-27,39-40H,6,17-22,28-32H2,1-2H3/t39-,40+,49?. The third kappa shape index (κ3) is 8.96. The normalized spacial score (nSPS) is 21.4. The molecule has 4 fully saturated rings. The van der Waals surface area contributed by atoms with Gasteiger partial charge in [-0.1, -0.05) is 89.4 Å². The SMILES string of the molecule is CS(=O)(=O)c1cccc(C(=O)c2cnc(N3CCC4(CCCN4Cc4cccc(-c5ccc(CN6C[C@H]7CC[C@@H](C6)N7c6ncc(C(=O)c7cccc(S(C)(=O)=O)c7)s6)cc5)c4)C3)s2)c1. The number of benzene rings is 4. The summed E-state index contributed by atoms with van der Waals surface area (Å²) in [6.07, 6.45) is 11.0. The molecule has 3 atom stereocenters. The molecule has 2 aromatic heterocycles. The fourth-order valence-corrected chi connectivity index (χ4v) is 13.6. The Morgan fingerprint density at radius 2 is 1.26 bits per heavy atom. The molecule has 12 nitrogen and oxygen atoms in total. The summed E-state index contributed by atoms with van der Waals surface area (Å²) in [5.41, 5.74) is 5.70. The van der Waals surface area contributed by atoms with Gasteiger partial charge in [0.25, 0.3) is 0 Å². The number of carbonyl (C=O) groups is 2. The first-order valence-electron chi connectivity index (χ1n) is 22.0. The second kappa shape index (κ2) is 17.3. The third-order valence-corrected chi connectivity index (χ3v) is 17.9. The maximum atomic E-state index is 13.4. The average Bonchev–Trinajstić information content (AvgIpc) is 4.16. The predicted octanol–water partition coefficient (Wildman–Crippen LogP) is 7.63. The molecule has 4 aliphatic heterocycles. The van der Waals surface area contributed by atoms with E-state index in [1.807, 2.05) is 0 Å². The molecule has 0 aliphatic carbocycles. The van der Waals surface area contributed by atoms with E-state index in [0.29, 0.717) is 33.0 Å². The molecule has 2 bridgehead atoms. The molecule has 16 heteroatoms. The zero-order chi connectivity index (χ0) is 45.1. The lowest BCUT2D eigenvalue weighted by Gasteiger charge is -2.41. The van der Waals surface area contributed by atoms with Crippen LogP contribution < -0.4 is 9.80 Å². The van der Waals surface area contributed by atoms with Crippen molar-refractivity contribution in [3.8, 4) is 11.1 Å². The Kier molecular flexibility index (Phi) is 11.6. The number of fused-ring (bicyclic) bond motifs is 2. The predicted molar refractivity (Wildman–Crippen MR) is 256 cm³/mol. The highest BCUT2D eigenvalue weighted by Gasteiger charge is 2.46. The summed E-state index contributed by atoms with van der Waals surface area (Å²) >= 11 is 2.77. The van der Waals surface area contributed by atoms with Crippen LogP contribution in [0.2, 0.25) is 0 Å². The molecular weight excluding hydrogens is 897 g/mol. The van der Waals surface area contributed by atoms with Crippen LogP contribution in [0.1, 0.15) is 73.7 Å². The van der Waals surface area contributed by atoms with E-state index in [0.717, 1.165) is 101 Å². The number of carbonyl (C=O) groups excluding carboxylic acids is 2. The lowest BCUT2D eigenvalue weighted by Crippen LogP contribution is -2.53. The first kappa shape index (κ1) is 43.8. The maximum absolute atomic E-state index is 13.4. The molecule has 10 rings (SSSR count). The Hall–Kier alpha value is -5.10. The summed E-state index contributed by atoms with van der Waals surface area (Å²) in [7, 11) is -6.85. The highest BCUT2D eigenvalue weighted by Crippen LogP contribution is 2.42. The molecule has 6 heterocycles. The topological polar surface area (TPSA) is 141 Å². The van der Waals surface area contributed by atoms with Crippen molar-refractivity contribution < 1.29 is 26.4 Å². The molecule has 1 unspecified atom stereocenters. The molecule has 6 aromatic rings. The van der Waals surface area contributed by atoms with Crippen molar-refractivity contribution in [3.63, 3.8) is 0 Å². The van der Waals surface area contributed by atoms with Gasteiger partial charge in [0, 0.05) is 80.5 Å². The number of aromatic nitrogens is 2. The highest BCUT2D eigenvalue weighted by atomic mass is 32.2. The summed E-state index contributed by atoms with van der Waals surface area (Å²) in [5.74, 6) is -0.428. The van der Waals surface area contributed by atoms with Gasteiger partial charge in [0.05, 0.1) is 31.9 Å². The number of nitrogens with zero attached hydrogens (tertiary/aromatic N) is 6. The van der Waals surface area contributed by atoms with E-state index < -0.39 is 19.7 Å². The summed E-state index contributed by atoms with van der Waals surface area (Å²) in [5, 5.41) is 1.68. The maximum Gasteiger partial charge on any atom is 0.204 e. The van der Waals surface area contributed by atoms with E-state index in [1.165, 1.54) is 69.2 Å². The van der Waals surface area contributed by atoms with Crippen LogP contribution in [-0.4, -0.2) is 111 Å². The first-order chi connectivity index (χ1) is 31.2. The zero-order valence-electron chi connectivity index (χ0n) is 36.3. The second-order valence-electron chi connectivity index (χ2n) is 18.1. The van der Waals surface area contributed by atoms with Gasteiger partial charge in [0.1, 0.15) is 0 Å². The van der Waals surface area contributed by atoms with Gasteiger partial charge < -0.3 is 9.80 Å². The molecule has 4 aliphatic rings. The number of thiazole rings is 2. The monoisotopic (exact) mass is 946 g/mol. The van der Waals surface area contributed by atoms with Gasteiger partial charge in [-0.25, -0.2) is 26.8 Å². The van der Waals surface area contributed by atoms with Crippen LogP contribution in [0.15, 0.2) is 119 Å². The van der Waals surface area contributed by atoms with E-state index in [9.17, 15) is 26.4 Å². The lowest BCUT2D eigenvalue weighted by molar-refractivity contribution is 0.103. The molecule has 65 heavy (non-hydrogen) atoms. The highest BCUT2D eigenvalue weighted by molar-refractivity contribution is 7.91. The number of sulfone groups is 2. The van der Waals surface area contributed by atoms with E-state index >= 15 is 0 Å². The van der Waals surface area contributed by atoms with Crippen LogP contribution in [0.4, 0.5) is 10.3 Å². The number of hydrogen-bond acceptors (Lipinski definition) is 14.